The zero-order valence-electron chi connectivity index (χ0n) is 21.2. The third-order valence-corrected chi connectivity index (χ3v) is 7.62. The number of H-pyrrole nitrogens is 1. The maximum absolute atomic E-state index is 12.9. The van der Waals surface area contributed by atoms with Crippen molar-refractivity contribution in [1.82, 2.24) is 19.4 Å². The Balaban J connectivity index is 1.39. The maximum atomic E-state index is 12.9. The first-order valence-corrected chi connectivity index (χ1v) is 13.0. The number of nitrogens with one attached hydrogen (secondary N) is 1. The van der Waals surface area contributed by atoms with Crippen molar-refractivity contribution >= 4 is 17.1 Å². The molecule has 1 aliphatic rings. The molecule has 0 bridgehead atoms. The topological polar surface area (TPSA) is 81.6 Å². The Labute approximate surface area is 217 Å². The molecule has 0 spiro atoms. The number of hydrogen-bond acceptors (Lipinski definition) is 3. The highest BCUT2D eigenvalue weighted by Crippen LogP contribution is 2.32. The summed E-state index contributed by atoms with van der Waals surface area (Å²) in [6, 6.07) is 28.4. The second-order valence-electron chi connectivity index (χ2n) is 10.1. The van der Waals surface area contributed by atoms with E-state index in [0.29, 0.717) is 25.8 Å². The normalized spacial score (nSPS) is 18.8. The van der Waals surface area contributed by atoms with E-state index in [0.717, 1.165) is 24.1 Å². The summed E-state index contributed by atoms with van der Waals surface area (Å²) in [5.74, 6) is 0. The van der Waals surface area contributed by atoms with E-state index in [1.807, 2.05) is 41.0 Å². The molecule has 37 heavy (non-hydrogen) atoms. The Morgan fingerprint density at radius 1 is 0.973 bits per heavy atom. The number of amides is 1. The number of carbonyl (C=O) groups is 1. The fourth-order valence-corrected chi connectivity index (χ4v) is 5.72. The lowest BCUT2D eigenvalue weighted by molar-refractivity contribution is 0.0687. The van der Waals surface area contributed by atoms with Gasteiger partial charge in [-0.05, 0) is 49.4 Å². The highest BCUT2D eigenvalue weighted by molar-refractivity contribution is 5.75. The fourth-order valence-electron chi connectivity index (χ4n) is 5.72. The molecular formula is C30H34N4O3. The van der Waals surface area contributed by atoms with Crippen LogP contribution in [0, 0.1) is 0 Å². The molecule has 1 fully saturated rings. The summed E-state index contributed by atoms with van der Waals surface area (Å²) >= 11 is 0. The quantitative estimate of drug-likeness (QED) is 0.336. The van der Waals surface area contributed by atoms with Gasteiger partial charge in [-0.3, -0.25) is 9.47 Å². The van der Waals surface area contributed by atoms with Gasteiger partial charge < -0.3 is 15.0 Å². The van der Waals surface area contributed by atoms with Crippen LogP contribution in [-0.4, -0.2) is 49.2 Å². The van der Waals surface area contributed by atoms with Crippen molar-refractivity contribution in [2.75, 3.05) is 6.54 Å². The minimum absolute atomic E-state index is 0.0480. The number of carboxylic acid groups (broad SMARTS) is 1. The Kier molecular flexibility index (Phi) is 7.42. The predicted octanol–water partition coefficient (Wildman–Crippen LogP) is 5.49. The molecule has 5 rings (SSSR count). The van der Waals surface area contributed by atoms with Crippen molar-refractivity contribution in [3.05, 3.63) is 107 Å². The Morgan fingerprint density at radius 3 is 2.19 bits per heavy atom. The summed E-state index contributed by atoms with van der Waals surface area (Å²) in [4.78, 5) is 32.0. The standard InChI is InChI=1S/C30H34N4O3/c1-22(32(20-23-10-4-2-5-11-23)21-24-12-6-3-7-13-24)18-26-19-25(16-17-33(26)30(36)37)34-28-15-9-8-14-27(28)31-29(34)35/h2-15,22,25-26H,16-21H2,1H3,(H,31,35)(H,36,37). The first-order valence-electron chi connectivity index (χ1n) is 13.0. The SMILES string of the molecule is CC(CC1CC(n2c(=O)[nH]c3ccccc32)CCN1C(=O)O)N(Cc1ccccc1)Cc1ccccc1. The van der Waals surface area contributed by atoms with Gasteiger partial charge >= 0.3 is 11.8 Å². The molecule has 1 aromatic heterocycles. The van der Waals surface area contributed by atoms with Crippen molar-refractivity contribution in [3.63, 3.8) is 0 Å². The van der Waals surface area contributed by atoms with Gasteiger partial charge in [-0.2, -0.15) is 0 Å². The van der Waals surface area contributed by atoms with Gasteiger partial charge in [0.15, 0.2) is 0 Å². The molecule has 2 N–H and O–H groups in total. The van der Waals surface area contributed by atoms with Crippen molar-refractivity contribution < 1.29 is 9.90 Å². The number of nitrogens with zero attached hydrogens (tertiary/aromatic N) is 3. The molecule has 2 heterocycles. The van der Waals surface area contributed by atoms with Gasteiger partial charge in [0.25, 0.3) is 0 Å². The van der Waals surface area contributed by atoms with Crippen molar-refractivity contribution in [2.45, 2.75) is 57.4 Å². The van der Waals surface area contributed by atoms with Crippen LogP contribution in [0.5, 0.6) is 0 Å². The lowest BCUT2D eigenvalue weighted by atomic mass is 9.92. The van der Waals surface area contributed by atoms with Crippen LogP contribution in [0.15, 0.2) is 89.7 Å². The van der Waals surface area contributed by atoms with Gasteiger partial charge in [0, 0.05) is 37.8 Å². The number of para-hydroxylation sites is 2. The molecule has 4 aromatic rings. The van der Waals surface area contributed by atoms with E-state index in [9.17, 15) is 14.7 Å². The average Bonchev–Trinajstić information content (AvgIpc) is 3.25. The van der Waals surface area contributed by atoms with Crippen LogP contribution >= 0.6 is 0 Å². The highest BCUT2D eigenvalue weighted by atomic mass is 16.4. The number of rotatable bonds is 8. The van der Waals surface area contributed by atoms with E-state index in [-0.39, 0.29) is 23.8 Å². The fraction of sp³-hybridized carbons (Fsp3) is 0.333. The number of hydrogen-bond donors (Lipinski definition) is 2. The number of likely N-dealkylation sites (tertiary alicyclic amines) is 1. The molecule has 192 valence electrons. The first-order chi connectivity index (χ1) is 18.0. The van der Waals surface area contributed by atoms with Gasteiger partial charge in [0.05, 0.1) is 11.0 Å². The highest BCUT2D eigenvalue weighted by Gasteiger charge is 2.35. The molecule has 1 saturated heterocycles. The largest absolute Gasteiger partial charge is 0.465 e. The van der Waals surface area contributed by atoms with Gasteiger partial charge in [0.1, 0.15) is 0 Å². The van der Waals surface area contributed by atoms with Crippen LogP contribution in [0.25, 0.3) is 11.0 Å². The second kappa shape index (κ2) is 11.0. The lowest BCUT2D eigenvalue weighted by Crippen LogP contribution is -2.49. The summed E-state index contributed by atoms with van der Waals surface area (Å²) in [5, 5.41) is 10.0. The lowest BCUT2D eigenvalue weighted by Gasteiger charge is -2.41. The van der Waals surface area contributed by atoms with E-state index in [1.54, 1.807) is 4.90 Å². The second-order valence-corrected chi connectivity index (χ2v) is 10.1. The molecular weight excluding hydrogens is 464 g/mol. The van der Waals surface area contributed by atoms with Crippen LogP contribution in [0.2, 0.25) is 0 Å². The summed E-state index contributed by atoms with van der Waals surface area (Å²) in [7, 11) is 0. The number of benzene rings is 3. The van der Waals surface area contributed by atoms with Crippen LogP contribution in [0.1, 0.15) is 43.4 Å². The number of imidazole rings is 1. The van der Waals surface area contributed by atoms with Gasteiger partial charge in [0.2, 0.25) is 0 Å². The summed E-state index contributed by atoms with van der Waals surface area (Å²) < 4.78 is 1.83. The molecule has 0 saturated carbocycles. The molecule has 0 aliphatic carbocycles. The molecule has 3 unspecified atom stereocenters. The van der Waals surface area contributed by atoms with Crippen molar-refractivity contribution in [1.29, 1.82) is 0 Å². The Hall–Kier alpha value is -3.84. The van der Waals surface area contributed by atoms with Crippen LogP contribution in [0.3, 0.4) is 0 Å². The van der Waals surface area contributed by atoms with E-state index < -0.39 is 6.09 Å². The van der Waals surface area contributed by atoms with Crippen molar-refractivity contribution in [2.24, 2.45) is 0 Å². The zero-order valence-corrected chi connectivity index (χ0v) is 21.2. The van der Waals surface area contributed by atoms with Crippen LogP contribution in [0.4, 0.5) is 4.79 Å². The van der Waals surface area contributed by atoms with E-state index in [2.05, 4.69) is 65.3 Å². The predicted molar refractivity (Wildman–Crippen MR) is 146 cm³/mol. The summed E-state index contributed by atoms with van der Waals surface area (Å²) in [5.41, 5.74) is 4.02. The average molecular weight is 499 g/mol. The molecule has 1 amide bonds. The van der Waals surface area contributed by atoms with E-state index >= 15 is 0 Å². The molecule has 1 aliphatic heterocycles. The van der Waals surface area contributed by atoms with Crippen LogP contribution < -0.4 is 5.69 Å². The molecule has 3 atom stereocenters. The number of aromatic nitrogens is 2. The third kappa shape index (κ3) is 5.62. The van der Waals surface area contributed by atoms with Gasteiger partial charge in [-0.1, -0.05) is 72.8 Å². The van der Waals surface area contributed by atoms with Crippen molar-refractivity contribution in [3.8, 4) is 0 Å². The number of aromatic amines is 1. The summed E-state index contributed by atoms with van der Waals surface area (Å²) in [6.07, 6.45) is 1.04. The summed E-state index contributed by atoms with van der Waals surface area (Å²) in [6.45, 7) is 4.16. The third-order valence-electron chi connectivity index (χ3n) is 7.62. The maximum Gasteiger partial charge on any atom is 0.407 e. The molecule has 7 heteroatoms. The minimum atomic E-state index is -0.889. The van der Waals surface area contributed by atoms with E-state index in [1.165, 1.54) is 11.1 Å². The minimum Gasteiger partial charge on any atom is -0.465 e. The van der Waals surface area contributed by atoms with Gasteiger partial charge in [-0.25, -0.2) is 9.59 Å². The Bertz CT molecular complexity index is 1340. The smallest absolute Gasteiger partial charge is 0.407 e. The first kappa shape index (κ1) is 24.8. The number of piperidine rings is 1. The molecule has 7 nitrogen and oxygen atoms in total. The number of fused-ring (bicyclic) bond motifs is 1. The zero-order chi connectivity index (χ0) is 25.8. The molecule has 0 radical (unpaired) electrons. The van der Waals surface area contributed by atoms with Crippen LogP contribution in [-0.2, 0) is 13.1 Å². The van der Waals surface area contributed by atoms with Gasteiger partial charge in [-0.15, -0.1) is 0 Å². The molecule has 3 aromatic carbocycles. The van der Waals surface area contributed by atoms with E-state index in [4.69, 9.17) is 0 Å². The monoisotopic (exact) mass is 498 g/mol. The Morgan fingerprint density at radius 2 is 1.57 bits per heavy atom.